The monoisotopic (exact) mass is 227 g/mol. The van der Waals surface area contributed by atoms with Gasteiger partial charge in [-0.3, -0.25) is 14.6 Å². The number of hydrogen-bond acceptors (Lipinski definition) is 4. The number of aromatic hydroxyl groups is 1. The molecule has 0 saturated carbocycles. The minimum absolute atomic E-state index is 0.0892. The van der Waals surface area contributed by atoms with Crippen LogP contribution in [0.15, 0.2) is 20.4 Å². The minimum atomic E-state index is -0.701. The molecule has 78 valence electrons. The summed E-state index contributed by atoms with van der Waals surface area (Å²) in [5, 5.41) is 9.25. The Morgan fingerprint density at radius 3 is 2.60 bits per heavy atom. The average molecular weight is 227 g/mol. The summed E-state index contributed by atoms with van der Waals surface area (Å²) in [4.78, 5) is 38.1. The highest BCUT2D eigenvalue weighted by molar-refractivity contribution is 7.14. The van der Waals surface area contributed by atoms with E-state index in [4.69, 9.17) is 0 Å². The lowest BCUT2D eigenvalue weighted by Gasteiger charge is -2.01. The van der Waals surface area contributed by atoms with Gasteiger partial charge in [-0.15, -0.1) is 0 Å². The van der Waals surface area contributed by atoms with E-state index >= 15 is 0 Å². The molecule has 0 amide bonds. The molecule has 3 N–H and O–H groups in total. The maximum atomic E-state index is 11.5. The van der Waals surface area contributed by atoms with Crippen LogP contribution in [0.3, 0.4) is 0 Å². The summed E-state index contributed by atoms with van der Waals surface area (Å²) in [5.74, 6) is -0.466. The largest absolute Gasteiger partial charge is 0.507 e. The molecule has 1 unspecified atom stereocenters. The van der Waals surface area contributed by atoms with Gasteiger partial charge >= 0.3 is 5.69 Å². The summed E-state index contributed by atoms with van der Waals surface area (Å²) < 4.78 is 0.723. The fourth-order valence-electron chi connectivity index (χ4n) is 1.24. The van der Waals surface area contributed by atoms with Crippen LogP contribution in [0.5, 0.6) is 5.75 Å². The molecule has 0 aliphatic rings. The molecule has 2 rings (SSSR count). The molecule has 0 bridgehead atoms. The molecule has 15 heavy (non-hydrogen) atoms. The lowest BCUT2D eigenvalue weighted by atomic mass is 10.3. The van der Waals surface area contributed by atoms with Crippen LogP contribution in [-0.2, 0) is 0 Å². The number of nitrogens with zero attached hydrogens (tertiary/aromatic N) is 1. The van der Waals surface area contributed by atoms with Crippen molar-refractivity contribution in [1.29, 1.82) is 0 Å². The second-order valence-electron chi connectivity index (χ2n) is 2.87. The van der Waals surface area contributed by atoms with Gasteiger partial charge in [0.1, 0.15) is 16.8 Å². The Bertz CT molecular complexity index is 711. The Morgan fingerprint density at radius 2 is 1.93 bits per heavy atom. The minimum Gasteiger partial charge on any atom is -0.507 e. The zero-order valence-electron chi connectivity index (χ0n) is 7.27. The predicted octanol–water partition coefficient (Wildman–Crippen LogP) is -1.28. The quantitative estimate of drug-likeness (QED) is 0.487. The average Bonchev–Trinajstić information content (AvgIpc) is 2.13. The Morgan fingerprint density at radius 1 is 1.27 bits per heavy atom. The van der Waals surface area contributed by atoms with Crippen LogP contribution < -0.4 is 16.8 Å². The van der Waals surface area contributed by atoms with E-state index in [-0.39, 0.29) is 11.0 Å². The molecule has 0 aliphatic heterocycles. The fraction of sp³-hybridized carbons (Fsp3) is 0. The molecule has 1 atom stereocenters. The van der Waals surface area contributed by atoms with Gasteiger partial charge in [0.05, 0.1) is 0 Å². The number of aromatic nitrogens is 3. The second-order valence-corrected chi connectivity index (χ2v) is 3.39. The molecular formula is C7H6N3O4P. The second kappa shape index (κ2) is 3.06. The van der Waals surface area contributed by atoms with Gasteiger partial charge in [-0.25, -0.2) is 9.13 Å². The molecule has 0 aliphatic carbocycles. The van der Waals surface area contributed by atoms with E-state index in [9.17, 15) is 19.5 Å². The molecule has 2 aromatic rings. The van der Waals surface area contributed by atoms with E-state index in [2.05, 4.69) is 9.97 Å². The van der Waals surface area contributed by atoms with Gasteiger partial charge in [0.2, 0.25) is 0 Å². The standard InChI is InChI=1S/C7H6N3O4P/c11-2-1-3(12)8-5-4(2)6(13)10(15)7(14)9-5/h1H,15H2,(H3,8,9,11,12,14). The first-order valence-corrected chi connectivity index (χ1v) is 4.39. The van der Waals surface area contributed by atoms with Crippen molar-refractivity contribution in [3.05, 3.63) is 37.3 Å². The van der Waals surface area contributed by atoms with Crippen molar-refractivity contribution in [2.24, 2.45) is 0 Å². The third kappa shape index (κ3) is 1.37. The van der Waals surface area contributed by atoms with Gasteiger partial charge in [-0.1, -0.05) is 0 Å². The molecule has 0 fully saturated rings. The van der Waals surface area contributed by atoms with Gasteiger partial charge in [0.15, 0.2) is 0 Å². The highest BCUT2D eigenvalue weighted by Gasteiger charge is 2.09. The molecule has 0 spiro atoms. The van der Waals surface area contributed by atoms with Crippen LogP contribution in [-0.4, -0.2) is 19.4 Å². The Hall–Kier alpha value is -1.88. The van der Waals surface area contributed by atoms with Crippen molar-refractivity contribution < 1.29 is 5.11 Å². The molecular weight excluding hydrogens is 221 g/mol. The van der Waals surface area contributed by atoms with Crippen molar-refractivity contribution in [1.82, 2.24) is 14.3 Å². The van der Waals surface area contributed by atoms with E-state index in [0.29, 0.717) is 0 Å². The lowest BCUT2D eigenvalue weighted by Crippen LogP contribution is -2.30. The maximum absolute atomic E-state index is 11.5. The zero-order chi connectivity index (χ0) is 11.2. The first-order valence-electron chi connectivity index (χ1n) is 3.87. The van der Waals surface area contributed by atoms with Crippen LogP contribution >= 0.6 is 9.39 Å². The van der Waals surface area contributed by atoms with E-state index in [1.54, 1.807) is 0 Å². The summed E-state index contributed by atoms with van der Waals surface area (Å²) in [7, 11) is 1.91. The summed E-state index contributed by atoms with van der Waals surface area (Å²) in [6.07, 6.45) is 0. The van der Waals surface area contributed by atoms with Gasteiger partial charge in [-0.2, -0.15) is 0 Å². The maximum Gasteiger partial charge on any atom is 0.332 e. The zero-order valence-corrected chi connectivity index (χ0v) is 8.43. The van der Waals surface area contributed by atoms with Crippen molar-refractivity contribution in [2.75, 3.05) is 0 Å². The molecule has 8 heteroatoms. The molecule has 2 heterocycles. The van der Waals surface area contributed by atoms with Gasteiger partial charge in [-0.05, 0) is 9.39 Å². The van der Waals surface area contributed by atoms with E-state index in [0.717, 1.165) is 10.4 Å². The summed E-state index contributed by atoms with van der Waals surface area (Å²) >= 11 is 0. The first-order chi connectivity index (χ1) is 7.00. The molecule has 7 nitrogen and oxygen atoms in total. The van der Waals surface area contributed by atoms with Crippen LogP contribution in [0.2, 0.25) is 0 Å². The van der Waals surface area contributed by atoms with Crippen LogP contribution in [0.4, 0.5) is 0 Å². The normalized spacial score (nSPS) is 10.7. The number of H-pyrrole nitrogens is 2. The smallest absolute Gasteiger partial charge is 0.332 e. The number of rotatable bonds is 0. The van der Waals surface area contributed by atoms with Crippen LogP contribution in [0, 0.1) is 0 Å². The van der Waals surface area contributed by atoms with Crippen molar-refractivity contribution in [3.8, 4) is 5.75 Å². The molecule has 0 aromatic carbocycles. The molecule has 2 aromatic heterocycles. The number of fused-ring (bicyclic) bond motifs is 1. The number of hydrogen-bond donors (Lipinski definition) is 3. The summed E-state index contributed by atoms with van der Waals surface area (Å²) in [6, 6.07) is 0.868. The van der Waals surface area contributed by atoms with Crippen molar-refractivity contribution in [3.63, 3.8) is 0 Å². The van der Waals surface area contributed by atoms with Crippen molar-refractivity contribution in [2.45, 2.75) is 0 Å². The van der Waals surface area contributed by atoms with E-state index < -0.39 is 22.6 Å². The van der Waals surface area contributed by atoms with Gasteiger partial charge in [0.25, 0.3) is 11.1 Å². The van der Waals surface area contributed by atoms with E-state index in [1.807, 2.05) is 9.39 Å². The highest BCUT2D eigenvalue weighted by Crippen LogP contribution is 2.13. The predicted molar refractivity (Wildman–Crippen MR) is 56.2 cm³/mol. The number of aromatic amines is 2. The topological polar surface area (TPSA) is 108 Å². The third-order valence-corrected chi connectivity index (χ3v) is 2.37. The Balaban J connectivity index is 3.20. The number of pyridine rings is 1. The number of nitrogens with one attached hydrogen (secondary N) is 2. The van der Waals surface area contributed by atoms with E-state index in [1.165, 1.54) is 0 Å². The highest BCUT2D eigenvalue weighted by atomic mass is 31.0. The molecule has 0 radical (unpaired) electrons. The third-order valence-electron chi connectivity index (χ3n) is 1.91. The fourth-order valence-corrected chi connectivity index (χ4v) is 1.43. The van der Waals surface area contributed by atoms with Gasteiger partial charge < -0.3 is 10.1 Å². The van der Waals surface area contributed by atoms with Gasteiger partial charge in [0, 0.05) is 6.07 Å². The van der Waals surface area contributed by atoms with Crippen LogP contribution in [0.1, 0.15) is 0 Å². The molecule has 0 saturated heterocycles. The Labute approximate surface area is 83.6 Å². The summed E-state index contributed by atoms with van der Waals surface area (Å²) in [6.45, 7) is 0. The lowest BCUT2D eigenvalue weighted by molar-refractivity contribution is 0.479. The summed E-state index contributed by atoms with van der Waals surface area (Å²) in [5.41, 5.74) is -2.09. The Kier molecular flexibility index (Phi) is 1.97. The van der Waals surface area contributed by atoms with Crippen LogP contribution in [0.25, 0.3) is 11.0 Å². The SMILES string of the molecule is O=c1cc(O)c2c(=O)n(P)c(=O)[nH]c2[nH]1. The first kappa shape index (κ1) is 9.67. The van der Waals surface area contributed by atoms with Crippen molar-refractivity contribution >= 4 is 20.4 Å².